The quantitative estimate of drug-likeness (QED) is 0.674. The molecule has 9 heteroatoms. The van der Waals surface area contributed by atoms with Gasteiger partial charge in [0.1, 0.15) is 0 Å². The highest BCUT2D eigenvalue weighted by Crippen LogP contribution is 2.26. The number of rotatable bonds is 3. The highest BCUT2D eigenvalue weighted by molar-refractivity contribution is 5.95. The SMILES string of the molecule is Cc1ncccc1C(=O)N1CCCC(c2nc(-c3cccnc3)no2)CCNC(=O)CC1. The number of carbonyl (C=O) groups excluding carboxylic acids is 2. The maximum absolute atomic E-state index is 13.1. The summed E-state index contributed by atoms with van der Waals surface area (Å²) in [5, 5.41) is 7.04. The van der Waals surface area contributed by atoms with Crippen molar-refractivity contribution in [3.63, 3.8) is 0 Å². The second kappa shape index (κ2) is 10.1. The fourth-order valence-electron chi connectivity index (χ4n) is 3.84. The molecule has 166 valence electrons. The summed E-state index contributed by atoms with van der Waals surface area (Å²) in [6.07, 6.45) is 7.53. The molecule has 1 saturated heterocycles. The predicted octanol–water partition coefficient (Wildman–Crippen LogP) is 2.75. The van der Waals surface area contributed by atoms with E-state index in [-0.39, 0.29) is 24.2 Å². The Bertz CT molecular complexity index is 1070. The first-order valence-electron chi connectivity index (χ1n) is 10.8. The van der Waals surface area contributed by atoms with Crippen molar-refractivity contribution in [2.24, 2.45) is 0 Å². The molecule has 1 atom stereocenters. The third kappa shape index (κ3) is 5.16. The molecular weight excluding hydrogens is 408 g/mol. The molecule has 1 aliphatic heterocycles. The average molecular weight is 435 g/mol. The van der Waals surface area contributed by atoms with E-state index >= 15 is 0 Å². The Labute approximate surface area is 186 Å². The lowest BCUT2D eigenvalue weighted by atomic mass is 9.99. The van der Waals surface area contributed by atoms with E-state index in [2.05, 4.69) is 25.4 Å². The maximum Gasteiger partial charge on any atom is 0.255 e. The lowest BCUT2D eigenvalue weighted by molar-refractivity contribution is -0.121. The van der Waals surface area contributed by atoms with Gasteiger partial charge < -0.3 is 14.7 Å². The minimum atomic E-state index is -0.101. The van der Waals surface area contributed by atoms with E-state index in [4.69, 9.17) is 4.52 Å². The second-order valence-corrected chi connectivity index (χ2v) is 7.85. The molecule has 32 heavy (non-hydrogen) atoms. The fourth-order valence-corrected chi connectivity index (χ4v) is 3.84. The largest absolute Gasteiger partial charge is 0.356 e. The maximum atomic E-state index is 13.1. The van der Waals surface area contributed by atoms with Gasteiger partial charge in [-0.05, 0) is 50.5 Å². The van der Waals surface area contributed by atoms with Crippen LogP contribution in [-0.4, -0.2) is 56.5 Å². The van der Waals surface area contributed by atoms with E-state index in [1.54, 1.807) is 35.6 Å². The Morgan fingerprint density at radius 2 is 2.06 bits per heavy atom. The van der Waals surface area contributed by atoms with Crippen LogP contribution in [0.4, 0.5) is 0 Å². The van der Waals surface area contributed by atoms with Crippen molar-refractivity contribution in [2.45, 2.75) is 38.5 Å². The smallest absolute Gasteiger partial charge is 0.255 e. The van der Waals surface area contributed by atoms with Gasteiger partial charge in [-0.25, -0.2) is 0 Å². The van der Waals surface area contributed by atoms with Crippen molar-refractivity contribution in [2.75, 3.05) is 19.6 Å². The molecule has 2 amide bonds. The highest BCUT2D eigenvalue weighted by atomic mass is 16.5. The van der Waals surface area contributed by atoms with Crippen molar-refractivity contribution >= 4 is 11.8 Å². The van der Waals surface area contributed by atoms with Crippen molar-refractivity contribution in [1.82, 2.24) is 30.3 Å². The Kier molecular flexibility index (Phi) is 6.84. The third-order valence-electron chi connectivity index (χ3n) is 5.64. The van der Waals surface area contributed by atoms with Gasteiger partial charge in [-0.15, -0.1) is 0 Å². The molecule has 0 spiro atoms. The molecule has 0 aliphatic carbocycles. The Morgan fingerprint density at radius 1 is 1.19 bits per heavy atom. The molecule has 1 fully saturated rings. The lowest BCUT2D eigenvalue weighted by Gasteiger charge is -2.23. The Morgan fingerprint density at radius 3 is 2.88 bits per heavy atom. The molecule has 0 bridgehead atoms. The van der Waals surface area contributed by atoms with Crippen LogP contribution in [0.2, 0.25) is 0 Å². The standard InChI is InChI=1S/C23H26N6O3/c1-16-19(7-3-11-25-16)23(31)29-13-4-6-17(8-12-26-20(30)9-14-29)22-27-21(28-32-22)18-5-2-10-24-15-18/h2-3,5,7,10-11,15,17H,4,6,8-9,12-14H2,1H3,(H,26,30). The van der Waals surface area contributed by atoms with E-state index in [0.29, 0.717) is 49.0 Å². The summed E-state index contributed by atoms with van der Waals surface area (Å²) >= 11 is 0. The topological polar surface area (TPSA) is 114 Å². The molecular formula is C23H26N6O3. The van der Waals surface area contributed by atoms with E-state index in [1.165, 1.54) is 0 Å². The number of aromatic nitrogens is 4. The molecule has 0 saturated carbocycles. The molecule has 3 aromatic rings. The monoisotopic (exact) mass is 434 g/mol. The summed E-state index contributed by atoms with van der Waals surface area (Å²) in [7, 11) is 0. The Balaban J connectivity index is 1.49. The van der Waals surface area contributed by atoms with Crippen molar-refractivity contribution < 1.29 is 14.1 Å². The van der Waals surface area contributed by atoms with E-state index in [1.807, 2.05) is 19.1 Å². The van der Waals surface area contributed by atoms with Crippen LogP contribution in [0.25, 0.3) is 11.4 Å². The first-order chi connectivity index (χ1) is 15.6. The van der Waals surface area contributed by atoms with Gasteiger partial charge in [-0.3, -0.25) is 19.6 Å². The highest BCUT2D eigenvalue weighted by Gasteiger charge is 2.24. The number of amides is 2. The number of hydrogen-bond acceptors (Lipinski definition) is 7. The first-order valence-corrected chi connectivity index (χ1v) is 10.8. The van der Waals surface area contributed by atoms with Gasteiger partial charge in [0, 0.05) is 61.8 Å². The van der Waals surface area contributed by atoms with Gasteiger partial charge in [0.15, 0.2) is 0 Å². The number of nitrogens with zero attached hydrogens (tertiary/aromatic N) is 5. The zero-order chi connectivity index (χ0) is 22.3. The average Bonchev–Trinajstić information content (AvgIpc) is 3.29. The van der Waals surface area contributed by atoms with Crippen LogP contribution < -0.4 is 5.32 Å². The predicted molar refractivity (Wildman–Crippen MR) is 117 cm³/mol. The summed E-state index contributed by atoms with van der Waals surface area (Å²) in [4.78, 5) is 40.0. The van der Waals surface area contributed by atoms with Gasteiger partial charge in [0.25, 0.3) is 5.91 Å². The van der Waals surface area contributed by atoms with Crippen LogP contribution in [0, 0.1) is 6.92 Å². The number of aryl methyl sites for hydroxylation is 1. The van der Waals surface area contributed by atoms with Gasteiger partial charge in [-0.2, -0.15) is 4.98 Å². The van der Waals surface area contributed by atoms with Gasteiger partial charge in [-0.1, -0.05) is 5.16 Å². The van der Waals surface area contributed by atoms with Crippen molar-refractivity contribution in [3.8, 4) is 11.4 Å². The molecule has 1 unspecified atom stereocenters. The number of pyridine rings is 2. The van der Waals surface area contributed by atoms with Crippen molar-refractivity contribution in [1.29, 1.82) is 0 Å². The second-order valence-electron chi connectivity index (χ2n) is 7.85. The van der Waals surface area contributed by atoms with Crippen LogP contribution >= 0.6 is 0 Å². The van der Waals surface area contributed by atoms with E-state index in [9.17, 15) is 9.59 Å². The molecule has 0 radical (unpaired) electrons. The van der Waals surface area contributed by atoms with Crippen LogP contribution in [0.15, 0.2) is 47.4 Å². The van der Waals surface area contributed by atoms with Crippen LogP contribution in [-0.2, 0) is 4.79 Å². The van der Waals surface area contributed by atoms with Crippen LogP contribution in [0.5, 0.6) is 0 Å². The lowest BCUT2D eigenvalue weighted by Crippen LogP contribution is -2.36. The minimum Gasteiger partial charge on any atom is -0.356 e. The van der Waals surface area contributed by atoms with Gasteiger partial charge in [0.05, 0.1) is 5.56 Å². The number of hydrogen-bond donors (Lipinski definition) is 1. The normalized spacial score (nSPS) is 18.0. The molecule has 9 nitrogen and oxygen atoms in total. The van der Waals surface area contributed by atoms with Crippen molar-refractivity contribution in [3.05, 3.63) is 60.0 Å². The first kappa shape index (κ1) is 21.6. The molecule has 4 heterocycles. The third-order valence-corrected chi connectivity index (χ3v) is 5.64. The summed E-state index contributed by atoms with van der Waals surface area (Å²) < 4.78 is 5.55. The summed E-state index contributed by atoms with van der Waals surface area (Å²) in [6.45, 7) is 3.25. The molecule has 3 aromatic heterocycles. The molecule has 1 N–H and O–H groups in total. The summed E-state index contributed by atoms with van der Waals surface area (Å²) in [5.41, 5.74) is 2.04. The van der Waals surface area contributed by atoms with Crippen LogP contribution in [0.3, 0.4) is 0 Å². The number of nitrogens with one attached hydrogen (secondary N) is 1. The van der Waals surface area contributed by atoms with Gasteiger partial charge >= 0.3 is 0 Å². The Hall–Kier alpha value is -3.62. The van der Waals surface area contributed by atoms with Gasteiger partial charge in [0.2, 0.25) is 17.6 Å². The zero-order valence-corrected chi connectivity index (χ0v) is 18.0. The van der Waals surface area contributed by atoms with E-state index < -0.39 is 0 Å². The fraction of sp³-hybridized carbons (Fsp3) is 0.391. The molecule has 4 rings (SSSR count). The van der Waals surface area contributed by atoms with Crippen LogP contribution in [0.1, 0.15) is 53.5 Å². The number of carbonyl (C=O) groups is 2. The molecule has 0 aromatic carbocycles. The summed E-state index contributed by atoms with van der Waals surface area (Å²) in [6, 6.07) is 7.23. The minimum absolute atomic E-state index is 0.0107. The van der Waals surface area contributed by atoms with E-state index in [0.717, 1.165) is 18.4 Å². The zero-order valence-electron chi connectivity index (χ0n) is 18.0. The summed E-state index contributed by atoms with van der Waals surface area (Å²) in [5.74, 6) is 0.848. The molecule has 1 aliphatic rings.